The van der Waals surface area contributed by atoms with Crippen LogP contribution >= 0.6 is 23.4 Å². The quantitative estimate of drug-likeness (QED) is 0.718. The third kappa shape index (κ3) is 6.59. The Balaban J connectivity index is 2.32. The summed E-state index contributed by atoms with van der Waals surface area (Å²) >= 11 is 7.68. The predicted octanol–water partition coefficient (Wildman–Crippen LogP) is 3.32. The van der Waals surface area contributed by atoms with Crippen molar-refractivity contribution in [2.24, 2.45) is 0 Å². The van der Waals surface area contributed by atoms with Gasteiger partial charge in [0.25, 0.3) is 0 Å². The van der Waals surface area contributed by atoms with Gasteiger partial charge in [-0.1, -0.05) is 11.6 Å². The van der Waals surface area contributed by atoms with Crippen LogP contribution in [0, 0.1) is 0 Å². The molecule has 0 aliphatic carbocycles. The Hall–Kier alpha value is -0.910. The first kappa shape index (κ1) is 18.1. The second-order valence-electron chi connectivity index (χ2n) is 5.17. The van der Waals surface area contributed by atoms with Gasteiger partial charge in [0.2, 0.25) is 5.91 Å². The van der Waals surface area contributed by atoms with Crippen molar-refractivity contribution in [2.75, 3.05) is 36.7 Å². The van der Waals surface area contributed by atoms with Crippen LogP contribution in [0.25, 0.3) is 0 Å². The Morgan fingerprint density at radius 2 is 2.24 bits per heavy atom. The summed E-state index contributed by atoms with van der Waals surface area (Å²) in [5, 5.41) is 3.34. The van der Waals surface area contributed by atoms with E-state index in [0.717, 1.165) is 18.7 Å². The van der Waals surface area contributed by atoms with E-state index in [1.807, 2.05) is 11.8 Å². The van der Waals surface area contributed by atoms with E-state index in [9.17, 15) is 4.79 Å². The molecule has 6 heteroatoms. The number of nitrogen functional groups attached to an aromatic ring is 1. The Bertz CT molecular complexity index is 470. The number of anilines is 2. The molecular formula is C15H24ClN3OS. The van der Waals surface area contributed by atoms with Crippen molar-refractivity contribution in [3.8, 4) is 0 Å². The third-order valence-electron chi connectivity index (χ3n) is 3.35. The lowest BCUT2D eigenvalue weighted by Gasteiger charge is -2.23. The number of thioether (sulfide) groups is 1. The van der Waals surface area contributed by atoms with E-state index in [1.165, 1.54) is 0 Å². The largest absolute Gasteiger partial charge is 0.397 e. The molecule has 21 heavy (non-hydrogen) atoms. The number of rotatable bonds is 8. The summed E-state index contributed by atoms with van der Waals surface area (Å²) in [5.41, 5.74) is 6.86. The van der Waals surface area contributed by atoms with Crippen LogP contribution in [-0.4, -0.2) is 42.4 Å². The van der Waals surface area contributed by atoms with E-state index in [2.05, 4.69) is 30.4 Å². The average Bonchev–Trinajstić information content (AvgIpc) is 2.43. The first-order valence-electron chi connectivity index (χ1n) is 6.98. The molecule has 118 valence electrons. The van der Waals surface area contributed by atoms with Gasteiger partial charge in [-0.15, -0.1) is 0 Å². The highest BCUT2D eigenvalue weighted by Crippen LogP contribution is 2.22. The van der Waals surface area contributed by atoms with Crippen LogP contribution < -0.4 is 11.1 Å². The maximum absolute atomic E-state index is 11.9. The van der Waals surface area contributed by atoms with Crippen LogP contribution in [0.4, 0.5) is 11.4 Å². The van der Waals surface area contributed by atoms with Gasteiger partial charge in [0.15, 0.2) is 0 Å². The molecule has 3 N–H and O–H groups in total. The van der Waals surface area contributed by atoms with Gasteiger partial charge >= 0.3 is 0 Å². The Kier molecular flexibility index (Phi) is 7.93. The lowest BCUT2D eigenvalue weighted by Crippen LogP contribution is -2.32. The van der Waals surface area contributed by atoms with Crippen LogP contribution in [0.5, 0.6) is 0 Å². The van der Waals surface area contributed by atoms with Gasteiger partial charge in [-0.3, -0.25) is 4.79 Å². The molecule has 0 aliphatic heterocycles. The zero-order chi connectivity index (χ0) is 15.8. The standard InChI is InChI=1S/C15H24ClN3OS/c1-11(10-21-3)19(2)8-4-5-15(20)18-12-6-7-13(16)14(17)9-12/h6-7,9,11H,4-5,8,10,17H2,1-3H3,(H,18,20). The van der Waals surface area contributed by atoms with Crippen molar-refractivity contribution in [1.29, 1.82) is 0 Å². The van der Waals surface area contributed by atoms with Gasteiger partial charge in [0.1, 0.15) is 0 Å². The molecule has 1 aromatic carbocycles. The molecule has 0 aromatic heterocycles. The van der Waals surface area contributed by atoms with Gasteiger partial charge in [-0.25, -0.2) is 0 Å². The summed E-state index contributed by atoms with van der Waals surface area (Å²) in [5.74, 6) is 1.11. The van der Waals surface area contributed by atoms with Crippen LogP contribution in [0.2, 0.25) is 5.02 Å². The summed E-state index contributed by atoms with van der Waals surface area (Å²) in [6.45, 7) is 3.12. The van der Waals surface area contributed by atoms with Crippen molar-refractivity contribution in [3.05, 3.63) is 23.2 Å². The van der Waals surface area contributed by atoms with Crippen molar-refractivity contribution < 1.29 is 4.79 Å². The summed E-state index contributed by atoms with van der Waals surface area (Å²) in [7, 11) is 2.10. The molecule has 0 heterocycles. The number of nitrogens with zero attached hydrogens (tertiary/aromatic N) is 1. The van der Waals surface area contributed by atoms with Crippen LogP contribution in [-0.2, 0) is 4.79 Å². The van der Waals surface area contributed by atoms with Gasteiger partial charge in [0.05, 0.1) is 10.7 Å². The zero-order valence-corrected chi connectivity index (χ0v) is 14.4. The van der Waals surface area contributed by atoms with Gasteiger partial charge in [-0.05, 0) is 51.4 Å². The summed E-state index contributed by atoms with van der Waals surface area (Å²) in [4.78, 5) is 14.2. The van der Waals surface area contributed by atoms with Gasteiger partial charge in [0, 0.05) is 23.9 Å². The average molecular weight is 330 g/mol. The molecule has 0 bridgehead atoms. The number of carbonyl (C=O) groups excluding carboxylic acids is 1. The minimum atomic E-state index is 0.00245. The van der Waals surface area contributed by atoms with E-state index in [-0.39, 0.29) is 5.91 Å². The fraction of sp³-hybridized carbons (Fsp3) is 0.533. The summed E-state index contributed by atoms with van der Waals surface area (Å²) in [6.07, 6.45) is 3.44. The number of carbonyl (C=O) groups is 1. The summed E-state index contributed by atoms with van der Waals surface area (Å²) in [6, 6.07) is 5.64. The molecule has 0 fully saturated rings. The van der Waals surface area contributed by atoms with E-state index in [4.69, 9.17) is 17.3 Å². The molecule has 1 unspecified atom stereocenters. The SMILES string of the molecule is CSCC(C)N(C)CCCC(=O)Nc1ccc(Cl)c(N)c1. The number of amides is 1. The Morgan fingerprint density at radius 1 is 1.52 bits per heavy atom. The van der Waals surface area contributed by atoms with E-state index >= 15 is 0 Å². The van der Waals surface area contributed by atoms with Gasteiger partial charge in [-0.2, -0.15) is 11.8 Å². The maximum Gasteiger partial charge on any atom is 0.224 e. The van der Waals surface area contributed by atoms with Crippen LogP contribution in [0.15, 0.2) is 18.2 Å². The first-order chi connectivity index (χ1) is 9.93. The first-order valence-corrected chi connectivity index (χ1v) is 8.75. The molecule has 0 saturated heterocycles. The fourth-order valence-electron chi connectivity index (χ4n) is 1.92. The van der Waals surface area contributed by atoms with Crippen LogP contribution in [0.3, 0.4) is 0 Å². The van der Waals surface area contributed by atoms with Crippen LogP contribution in [0.1, 0.15) is 19.8 Å². The fourth-order valence-corrected chi connectivity index (χ4v) is 2.78. The van der Waals surface area contributed by atoms with E-state index < -0.39 is 0 Å². The molecule has 0 radical (unpaired) electrons. The van der Waals surface area contributed by atoms with E-state index in [0.29, 0.717) is 28.9 Å². The highest BCUT2D eigenvalue weighted by molar-refractivity contribution is 7.98. The highest BCUT2D eigenvalue weighted by atomic mass is 35.5. The molecule has 0 spiro atoms. The normalized spacial score (nSPS) is 12.4. The lowest BCUT2D eigenvalue weighted by molar-refractivity contribution is -0.116. The minimum absolute atomic E-state index is 0.00245. The van der Waals surface area contributed by atoms with Crippen molar-refractivity contribution >= 4 is 40.6 Å². The number of hydrogen-bond acceptors (Lipinski definition) is 4. The van der Waals surface area contributed by atoms with Crippen molar-refractivity contribution in [1.82, 2.24) is 4.90 Å². The lowest BCUT2D eigenvalue weighted by atomic mass is 10.2. The van der Waals surface area contributed by atoms with Crippen molar-refractivity contribution in [2.45, 2.75) is 25.8 Å². The predicted molar refractivity (Wildman–Crippen MR) is 94.2 cm³/mol. The number of hydrogen-bond donors (Lipinski definition) is 2. The van der Waals surface area contributed by atoms with Crippen molar-refractivity contribution in [3.63, 3.8) is 0 Å². The second kappa shape index (κ2) is 9.18. The number of nitrogens with one attached hydrogen (secondary N) is 1. The molecule has 4 nitrogen and oxygen atoms in total. The highest BCUT2D eigenvalue weighted by Gasteiger charge is 2.09. The monoisotopic (exact) mass is 329 g/mol. The molecule has 0 aliphatic rings. The second-order valence-corrected chi connectivity index (χ2v) is 6.49. The molecule has 1 rings (SSSR count). The topological polar surface area (TPSA) is 58.4 Å². The Labute approximate surface area is 136 Å². The molecule has 1 amide bonds. The zero-order valence-electron chi connectivity index (χ0n) is 12.9. The van der Waals surface area contributed by atoms with Gasteiger partial charge < -0.3 is 16.0 Å². The smallest absolute Gasteiger partial charge is 0.224 e. The summed E-state index contributed by atoms with van der Waals surface area (Å²) < 4.78 is 0. The van der Waals surface area contributed by atoms with E-state index in [1.54, 1.807) is 18.2 Å². The third-order valence-corrected chi connectivity index (χ3v) is 4.51. The Morgan fingerprint density at radius 3 is 2.86 bits per heavy atom. The molecule has 1 atom stereocenters. The number of nitrogens with two attached hydrogens (primary N) is 1. The number of benzene rings is 1. The molecule has 1 aromatic rings. The molecule has 0 saturated carbocycles. The molecular weight excluding hydrogens is 306 g/mol. The number of halogens is 1. The minimum Gasteiger partial charge on any atom is -0.397 e. The maximum atomic E-state index is 11.9.